The maximum Gasteiger partial charge on any atom is 0.323 e. The van der Waals surface area contributed by atoms with Crippen LogP contribution in [0.1, 0.15) is 70.1 Å². The van der Waals surface area contributed by atoms with E-state index in [1.165, 1.54) is 7.11 Å². The first-order valence-corrected chi connectivity index (χ1v) is 21.8. The molecule has 0 bridgehead atoms. The molecule has 0 amide bonds. The zero-order valence-corrected chi connectivity index (χ0v) is 36.8. The summed E-state index contributed by atoms with van der Waals surface area (Å²) in [5, 5.41) is 16.5. The van der Waals surface area contributed by atoms with Gasteiger partial charge in [-0.25, -0.2) is 0 Å². The van der Waals surface area contributed by atoms with Crippen molar-refractivity contribution >= 4 is 29.2 Å². The number of nitrogens with zero attached hydrogens (tertiary/aromatic N) is 2. The number of rotatable bonds is 14. The van der Waals surface area contributed by atoms with E-state index in [4.69, 9.17) is 42.1 Å². The average Bonchev–Trinajstić information content (AvgIpc) is 3.29. The molecule has 320 valence electrons. The number of pyridine rings is 1. The molecule has 5 atom stereocenters. The van der Waals surface area contributed by atoms with E-state index in [2.05, 4.69) is 59.4 Å². The second-order valence-electron chi connectivity index (χ2n) is 16.0. The summed E-state index contributed by atoms with van der Waals surface area (Å²) in [6.45, 7) is 7.50. The average molecular weight is 873 g/mol. The Kier molecular flexibility index (Phi) is 13.5. The molecule has 62 heavy (non-hydrogen) atoms. The fraction of sp³-hybridized carbons (Fsp3) is 0.294. The van der Waals surface area contributed by atoms with Gasteiger partial charge in [-0.05, 0) is 126 Å². The molecule has 0 spiro atoms. The molecule has 2 unspecified atom stereocenters. The first-order valence-electron chi connectivity index (χ1n) is 21.0. The van der Waals surface area contributed by atoms with Gasteiger partial charge in [0.05, 0.1) is 23.2 Å². The monoisotopic (exact) mass is 871 g/mol. The third-order valence-electron chi connectivity index (χ3n) is 12.1. The van der Waals surface area contributed by atoms with Crippen molar-refractivity contribution in [1.29, 1.82) is 0 Å². The van der Waals surface area contributed by atoms with Crippen molar-refractivity contribution < 1.29 is 28.8 Å². The summed E-state index contributed by atoms with van der Waals surface area (Å²) in [6, 6.07) is 36.8. The number of hydrogen-bond acceptors (Lipinski definition) is 9. The predicted molar refractivity (Wildman–Crippen MR) is 243 cm³/mol. The Labute approximate surface area is 373 Å². The van der Waals surface area contributed by atoms with Gasteiger partial charge in [0, 0.05) is 24.5 Å². The van der Waals surface area contributed by atoms with E-state index in [1.54, 1.807) is 12.1 Å². The second-order valence-corrected chi connectivity index (χ2v) is 16.8. The van der Waals surface area contributed by atoms with Gasteiger partial charge >= 0.3 is 5.97 Å². The molecule has 11 heteroatoms. The van der Waals surface area contributed by atoms with Gasteiger partial charge in [0.15, 0.2) is 17.6 Å². The molecule has 8 rings (SSSR count). The predicted octanol–water partition coefficient (Wildman–Crippen LogP) is 10.3. The van der Waals surface area contributed by atoms with Crippen molar-refractivity contribution in [2.75, 3.05) is 13.7 Å². The molecule has 2 N–H and O–H groups in total. The van der Waals surface area contributed by atoms with Gasteiger partial charge in [0.25, 0.3) is 0 Å². The molecule has 2 aliphatic heterocycles. The van der Waals surface area contributed by atoms with Crippen LogP contribution in [0.15, 0.2) is 121 Å². The minimum atomic E-state index is -1.07. The lowest BCUT2D eigenvalue weighted by Crippen LogP contribution is -2.57. The fourth-order valence-electron chi connectivity index (χ4n) is 8.58. The number of carbonyl (C=O) groups excluding carboxylic acids is 1. The molecule has 0 saturated carbocycles. The molecule has 2 aliphatic rings. The molecule has 0 fully saturated rings. The van der Waals surface area contributed by atoms with Crippen LogP contribution in [0, 0.1) is 13.8 Å². The van der Waals surface area contributed by atoms with E-state index in [9.17, 15) is 9.90 Å². The Bertz CT molecular complexity index is 2500. The van der Waals surface area contributed by atoms with E-state index < -0.39 is 18.2 Å². The Morgan fingerprint density at radius 2 is 1.65 bits per heavy atom. The highest BCUT2D eigenvalue weighted by Gasteiger charge is 2.39. The molecular weight excluding hydrogens is 821 g/mol. The van der Waals surface area contributed by atoms with Gasteiger partial charge in [-0.2, -0.15) is 0 Å². The van der Waals surface area contributed by atoms with Crippen molar-refractivity contribution in [2.24, 2.45) is 0 Å². The Hall–Kier alpha value is -5.42. The zero-order chi connectivity index (χ0) is 43.3. The van der Waals surface area contributed by atoms with Crippen LogP contribution < -0.4 is 19.5 Å². The van der Waals surface area contributed by atoms with Gasteiger partial charge in [0.1, 0.15) is 31.2 Å². The smallest absolute Gasteiger partial charge is 0.323 e. The number of benzene rings is 5. The molecule has 9 nitrogen and oxygen atoms in total. The highest BCUT2D eigenvalue weighted by atomic mass is 35.5. The summed E-state index contributed by atoms with van der Waals surface area (Å²) in [4.78, 5) is 20.1. The van der Waals surface area contributed by atoms with Crippen molar-refractivity contribution in [3.05, 3.63) is 176 Å². The van der Waals surface area contributed by atoms with Gasteiger partial charge in [-0.15, -0.1) is 0 Å². The summed E-state index contributed by atoms with van der Waals surface area (Å²) < 4.78 is 24.3. The molecule has 5 aromatic carbocycles. The van der Waals surface area contributed by atoms with Crippen molar-refractivity contribution in [2.45, 2.75) is 83.6 Å². The second kappa shape index (κ2) is 19.3. The number of aliphatic hydroxyl groups excluding tert-OH is 1. The minimum absolute atomic E-state index is 0.00596. The summed E-state index contributed by atoms with van der Waals surface area (Å²) >= 11 is 12.2. The maximum absolute atomic E-state index is 13.3. The number of fused-ring (bicyclic) bond motifs is 2. The van der Waals surface area contributed by atoms with Crippen LogP contribution in [0.25, 0.3) is 11.1 Å². The number of hydrogen-bond donors (Lipinski definition) is 2. The van der Waals surface area contributed by atoms with Crippen molar-refractivity contribution in [3.63, 3.8) is 0 Å². The SMILES string of the molecule is CCC(c1ccccc1)N1Cc2cc3c(cc2C[C@H]1C(O)N[C@@H](Cc1ccc(-c2ccnc(C)c2C)cc1)C(=O)OC)OC[C@H](c1ccc(OCc2ccc(Cl)c(Cl)c2)cc1)O3. The van der Waals surface area contributed by atoms with Crippen LogP contribution in [0.3, 0.4) is 0 Å². The highest BCUT2D eigenvalue weighted by molar-refractivity contribution is 6.42. The summed E-state index contributed by atoms with van der Waals surface area (Å²) in [6.07, 6.45) is 2.11. The molecule has 0 aliphatic carbocycles. The number of aryl methyl sites for hydroxylation is 1. The Balaban J connectivity index is 1.00. The van der Waals surface area contributed by atoms with Gasteiger partial charge < -0.3 is 24.1 Å². The van der Waals surface area contributed by atoms with Crippen LogP contribution in [0.5, 0.6) is 17.2 Å². The minimum Gasteiger partial charge on any atom is -0.489 e. The lowest BCUT2D eigenvalue weighted by molar-refractivity contribution is -0.144. The van der Waals surface area contributed by atoms with Gasteiger partial charge in [-0.1, -0.05) is 103 Å². The van der Waals surface area contributed by atoms with Crippen LogP contribution in [0.2, 0.25) is 10.0 Å². The van der Waals surface area contributed by atoms with Crippen LogP contribution in [0.4, 0.5) is 0 Å². The highest BCUT2D eigenvalue weighted by Crippen LogP contribution is 2.43. The number of nitrogens with one attached hydrogen (secondary N) is 1. The molecule has 1 aromatic heterocycles. The van der Waals surface area contributed by atoms with Crippen molar-refractivity contribution in [1.82, 2.24) is 15.2 Å². The summed E-state index contributed by atoms with van der Waals surface area (Å²) in [7, 11) is 1.38. The van der Waals surface area contributed by atoms with Gasteiger partial charge in [-0.3, -0.25) is 20.0 Å². The first kappa shape index (κ1) is 43.2. The molecule has 3 heterocycles. The summed E-state index contributed by atoms with van der Waals surface area (Å²) in [5.74, 6) is 1.63. The number of ether oxygens (including phenoxy) is 4. The standard InChI is InChI=1S/C51H51Cl2N3O6/c1-5-45(36-9-7-6-8-10-36)56-28-39-27-48-47(61-30-49(62-48)37-16-18-40(19-17-37)60-29-34-13-20-42(52)43(53)23-34)26-38(39)25-46(56)50(57)55-44(51(58)59-4)24-33-11-14-35(15-12-33)41-21-22-54-32(3)31(41)2/h6-23,26-27,44-46,49-50,55,57H,5,24-25,28-30H2,1-4H3/t44-,45?,46-,49+,50?/m0/s1. The normalized spacial score (nSPS) is 17.4. The lowest BCUT2D eigenvalue weighted by atomic mass is 9.88. The Morgan fingerprint density at radius 1 is 0.903 bits per heavy atom. The van der Waals surface area contributed by atoms with Crippen LogP contribution >= 0.6 is 23.2 Å². The first-order chi connectivity index (χ1) is 30.1. The maximum atomic E-state index is 13.3. The molecule has 0 saturated heterocycles. The van der Waals surface area contributed by atoms with E-state index in [0.29, 0.717) is 54.1 Å². The number of aromatic nitrogens is 1. The quantitative estimate of drug-likeness (QED) is 0.0818. The third-order valence-corrected chi connectivity index (χ3v) is 12.9. The topological polar surface area (TPSA) is 102 Å². The number of carbonyl (C=O) groups is 1. The van der Waals surface area contributed by atoms with E-state index in [0.717, 1.165) is 67.9 Å². The Morgan fingerprint density at radius 3 is 2.37 bits per heavy atom. The van der Waals surface area contributed by atoms with Crippen molar-refractivity contribution in [3.8, 4) is 28.4 Å². The zero-order valence-electron chi connectivity index (χ0n) is 35.3. The molecule has 0 radical (unpaired) electrons. The summed E-state index contributed by atoms with van der Waals surface area (Å²) in [5.41, 5.74) is 10.5. The number of esters is 1. The van der Waals surface area contributed by atoms with Gasteiger partial charge in [0.2, 0.25) is 0 Å². The van der Waals surface area contributed by atoms with E-state index in [-0.39, 0.29) is 18.2 Å². The van der Waals surface area contributed by atoms with E-state index >= 15 is 0 Å². The number of aliphatic hydroxyl groups is 1. The molecular formula is C51H51Cl2N3O6. The number of methoxy groups -OCH3 is 1. The largest absolute Gasteiger partial charge is 0.489 e. The van der Waals surface area contributed by atoms with Crippen LogP contribution in [-0.2, 0) is 35.5 Å². The van der Waals surface area contributed by atoms with Crippen LogP contribution in [-0.4, -0.2) is 53.0 Å². The fourth-order valence-corrected chi connectivity index (χ4v) is 8.91. The lowest BCUT2D eigenvalue weighted by Gasteiger charge is -2.45. The third kappa shape index (κ3) is 9.63. The van der Waals surface area contributed by atoms with E-state index in [1.807, 2.05) is 85.9 Å². The number of halogens is 2. The molecule has 6 aromatic rings.